The van der Waals surface area contributed by atoms with Crippen molar-refractivity contribution in [2.24, 2.45) is 0 Å². The van der Waals surface area contributed by atoms with Gasteiger partial charge in [-0.2, -0.15) is 0 Å². The highest BCUT2D eigenvalue weighted by Crippen LogP contribution is 2.33. The fourth-order valence-electron chi connectivity index (χ4n) is 3.17. The number of pyridine rings is 1. The maximum atomic E-state index is 14.6. The summed E-state index contributed by atoms with van der Waals surface area (Å²) in [6.45, 7) is 12.9. The van der Waals surface area contributed by atoms with Crippen molar-refractivity contribution in [1.82, 2.24) is 4.98 Å². The number of halogens is 3. The second-order valence-corrected chi connectivity index (χ2v) is 15.1. The molecular formula is C24H26F3NSSi. The Hall–Kier alpha value is -2.05. The Bertz CT molecular complexity index is 1110. The number of hydrogen-bond acceptors (Lipinski definition) is 2. The van der Waals surface area contributed by atoms with Crippen LogP contribution in [0, 0.1) is 17.5 Å². The van der Waals surface area contributed by atoms with Gasteiger partial charge in [0.2, 0.25) is 0 Å². The summed E-state index contributed by atoms with van der Waals surface area (Å²) >= 11 is 4.62. The van der Waals surface area contributed by atoms with Crippen LogP contribution in [0.25, 0.3) is 22.5 Å². The molecule has 0 saturated heterocycles. The Morgan fingerprint density at radius 3 is 1.97 bits per heavy atom. The van der Waals surface area contributed by atoms with Crippen molar-refractivity contribution in [3.05, 3.63) is 65.5 Å². The van der Waals surface area contributed by atoms with Gasteiger partial charge in [-0.25, -0.2) is 18.2 Å². The van der Waals surface area contributed by atoms with Crippen molar-refractivity contribution < 1.29 is 13.2 Å². The Kier molecular flexibility index (Phi) is 5.95. The molecule has 0 amide bonds. The summed E-state index contributed by atoms with van der Waals surface area (Å²) in [5.74, 6) is -3.93. The summed E-state index contributed by atoms with van der Waals surface area (Å²) < 4.78 is 41.9. The van der Waals surface area contributed by atoms with Gasteiger partial charge in [0, 0.05) is 16.0 Å². The molecule has 0 unspecified atom stereocenters. The van der Waals surface area contributed by atoms with Crippen LogP contribution >= 0.6 is 12.6 Å². The topological polar surface area (TPSA) is 12.9 Å². The van der Waals surface area contributed by atoms with E-state index in [0.717, 1.165) is 27.3 Å². The van der Waals surface area contributed by atoms with E-state index >= 15 is 0 Å². The zero-order valence-electron chi connectivity index (χ0n) is 18.1. The van der Waals surface area contributed by atoms with E-state index in [1.807, 2.05) is 24.3 Å². The molecule has 1 nitrogen and oxygen atoms in total. The Labute approximate surface area is 182 Å². The number of thiol groups is 1. The molecule has 1 aromatic heterocycles. The predicted molar refractivity (Wildman–Crippen MR) is 124 cm³/mol. The molecule has 1 heterocycles. The van der Waals surface area contributed by atoms with Gasteiger partial charge in [0.15, 0.2) is 17.5 Å². The molecule has 0 aliphatic rings. The molecule has 0 atom stereocenters. The summed E-state index contributed by atoms with van der Waals surface area (Å²) in [6.07, 6.45) is 0. The molecular weight excluding hydrogens is 419 g/mol. The first-order valence-electron chi connectivity index (χ1n) is 9.79. The van der Waals surface area contributed by atoms with E-state index in [-0.39, 0.29) is 16.7 Å². The normalized spacial score (nSPS) is 12.3. The lowest BCUT2D eigenvalue weighted by Gasteiger charge is -2.22. The molecule has 30 heavy (non-hydrogen) atoms. The predicted octanol–water partition coefficient (Wildman–Crippen LogP) is 6.96. The molecule has 0 aliphatic carbocycles. The SMILES string of the molecule is CC(C)(C)c1ccc(S)c(-c2cc([Si](C)(C)C)cc(-c3ccc(F)c(F)c3F)n2)c1. The minimum Gasteiger partial charge on any atom is -0.248 e. The second kappa shape index (κ2) is 7.89. The lowest BCUT2D eigenvalue weighted by molar-refractivity contribution is 0.449. The van der Waals surface area contributed by atoms with Gasteiger partial charge < -0.3 is 0 Å². The molecule has 0 bridgehead atoms. The fraction of sp³-hybridized carbons (Fsp3) is 0.292. The molecule has 0 fully saturated rings. The third kappa shape index (κ3) is 4.49. The van der Waals surface area contributed by atoms with Crippen molar-refractivity contribution in [3.8, 4) is 22.5 Å². The van der Waals surface area contributed by atoms with Crippen LogP contribution in [-0.4, -0.2) is 13.1 Å². The van der Waals surface area contributed by atoms with Crippen molar-refractivity contribution in [3.63, 3.8) is 0 Å². The minimum atomic E-state index is -1.83. The molecule has 6 heteroatoms. The largest absolute Gasteiger partial charge is 0.248 e. The third-order valence-electron chi connectivity index (χ3n) is 5.14. The molecule has 158 valence electrons. The van der Waals surface area contributed by atoms with Crippen molar-refractivity contribution in [1.29, 1.82) is 0 Å². The zero-order chi connectivity index (χ0) is 22.4. The van der Waals surface area contributed by atoms with Crippen LogP contribution in [0.5, 0.6) is 0 Å². The first kappa shape index (κ1) is 22.6. The lowest BCUT2D eigenvalue weighted by atomic mass is 9.86. The van der Waals surface area contributed by atoms with E-state index in [1.54, 1.807) is 6.07 Å². The van der Waals surface area contributed by atoms with Crippen LogP contribution in [-0.2, 0) is 5.41 Å². The van der Waals surface area contributed by atoms with Gasteiger partial charge in [0.1, 0.15) is 0 Å². The zero-order valence-corrected chi connectivity index (χ0v) is 20.0. The van der Waals surface area contributed by atoms with Crippen LogP contribution in [0.15, 0.2) is 47.4 Å². The summed E-state index contributed by atoms with van der Waals surface area (Å²) in [6, 6.07) is 12.0. The number of benzene rings is 2. The Morgan fingerprint density at radius 2 is 1.40 bits per heavy atom. The van der Waals surface area contributed by atoms with Gasteiger partial charge in [0.05, 0.1) is 19.5 Å². The van der Waals surface area contributed by atoms with Gasteiger partial charge in [-0.3, -0.25) is 0 Å². The molecule has 0 aliphatic heterocycles. The number of aromatic nitrogens is 1. The highest BCUT2D eigenvalue weighted by molar-refractivity contribution is 7.80. The molecule has 2 aromatic carbocycles. The van der Waals surface area contributed by atoms with Crippen LogP contribution in [0.2, 0.25) is 19.6 Å². The molecule has 3 aromatic rings. The van der Waals surface area contributed by atoms with Gasteiger partial charge in [-0.15, -0.1) is 12.6 Å². The van der Waals surface area contributed by atoms with E-state index in [9.17, 15) is 13.2 Å². The van der Waals surface area contributed by atoms with Crippen LogP contribution in [0.3, 0.4) is 0 Å². The fourth-order valence-corrected chi connectivity index (χ4v) is 4.56. The Morgan fingerprint density at radius 1 is 0.800 bits per heavy atom. The van der Waals surface area contributed by atoms with Crippen molar-refractivity contribution >= 4 is 25.9 Å². The van der Waals surface area contributed by atoms with Crippen molar-refractivity contribution in [2.45, 2.75) is 50.7 Å². The van der Waals surface area contributed by atoms with E-state index < -0.39 is 25.5 Å². The van der Waals surface area contributed by atoms with E-state index in [4.69, 9.17) is 0 Å². The van der Waals surface area contributed by atoms with E-state index in [0.29, 0.717) is 5.69 Å². The van der Waals surface area contributed by atoms with E-state index in [1.165, 1.54) is 6.07 Å². The second-order valence-electron chi connectivity index (χ2n) is 9.58. The third-order valence-corrected chi connectivity index (χ3v) is 7.55. The summed E-state index contributed by atoms with van der Waals surface area (Å²) in [5, 5.41) is 1.04. The standard InChI is InChI=1S/C24H26F3NSSi/c1-24(2,3)14-7-10-21(29)17(11-14)20-13-15(30(4,5)6)12-19(28-20)16-8-9-18(25)23(27)22(16)26/h7-13,29H,1-6H3. The van der Waals surface area contributed by atoms with Crippen LogP contribution in [0.1, 0.15) is 26.3 Å². The van der Waals surface area contributed by atoms with Gasteiger partial charge in [-0.05, 0) is 47.4 Å². The number of hydrogen-bond donors (Lipinski definition) is 1. The molecule has 3 rings (SSSR count). The molecule has 0 spiro atoms. The summed E-state index contributed by atoms with van der Waals surface area (Å²) in [4.78, 5) is 5.40. The summed E-state index contributed by atoms with van der Waals surface area (Å²) in [5.41, 5.74) is 2.76. The average Bonchev–Trinajstić information content (AvgIpc) is 2.64. The maximum Gasteiger partial charge on any atom is 0.195 e. The monoisotopic (exact) mass is 445 g/mol. The smallest absolute Gasteiger partial charge is 0.195 e. The Balaban J connectivity index is 2.30. The highest BCUT2D eigenvalue weighted by Gasteiger charge is 2.23. The molecule has 0 saturated carbocycles. The maximum absolute atomic E-state index is 14.6. The van der Waals surface area contributed by atoms with Crippen LogP contribution in [0.4, 0.5) is 13.2 Å². The average molecular weight is 446 g/mol. The van der Waals surface area contributed by atoms with Crippen molar-refractivity contribution in [2.75, 3.05) is 0 Å². The highest BCUT2D eigenvalue weighted by atomic mass is 32.1. The first-order valence-corrected chi connectivity index (χ1v) is 13.7. The van der Waals surface area contributed by atoms with Crippen LogP contribution < -0.4 is 5.19 Å². The molecule has 0 radical (unpaired) electrons. The molecule has 0 N–H and O–H groups in total. The van der Waals surface area contributed by atoms with Gasteiger partial charge >= 0.3 is 0 Å². The summed E-state index contributed by atoms with van der Waals surface area (Å²) in [7, 11) is -1.83. The van der Waals surface area contributed by atoms with Gasteiger partial charge in [-0.1, -0.05) is 51.7 Å². The number of nitrogens with zero attached hydrogens (tertiary/aromatic N) is 1. The quantitative estimate of drug-likeness (QED) is 0.261. The lowest BCUT2D eigenvalue weighted by Crippen LogP contribution is -2.38. The van der Waals surface area contributed by atoms with Gasteiger partial charge in [0.25, 0.3) is 0 Å². The first-order chi connectivity index (χ1) is 13.8. The minimum absolute atomic E-state index is 0.0528. The number of rotatable bonds is 3. The van der Waals surface area contributed by atoms with E-state index in [2.05, 4.69) is 58.0 Å².